The van der Waals surface area contributed by atoms with E-state index in [1.165, 1.54) is 29.3 Å². The molecule has 0 saturated heterocycles. The van der Waals surface area contributed by atoms with E-state index in [-0.39, 0.29) is 23.5 Å². The van der Waals surface area contributed by atoms with Crippen molar-refractivity contribution in [2.45, 2.75) is 18.9 Å². The molecule has 3 aromatic rings. The summed E-state index contributed by atoms with van der Waals surface area (Å²) >= 11 is 0. The number of amides is 1. The van der Waals surface area contributed by atoms with Crippen molar-refractivity contribution in [1.29, 1.82) is 0 Å². The number of carbonyl (C=O) groups is 1. The van der Waals surface area contributed by atoms with Gasteiger partial charge in [0.15, 0.2) is 11.6 Å². The summed E-state index contributed by atoms with van der Waals surface area (Å²) in [7, 11) is 0. The second-order valence-electron chi connectivity index (χ2n) is 6.77. The lowest BCUT2D eigenvalue weighted by molar-refractivity contribution is 0.0933. The smallest absolute Gasteiger partial charge is 0.270 e. The molecule has 0 fully saturated rings. The number of hydrogen-bond acceptors (Lipinski definition) is 4. The first-order valence-corrected chi connectivity index (χ1v) is 8.85. The second kappa shape index (κ2) is 7.26. The second-order valence-corrected chi connectivity index (χ2v) is 6.77. The first-order chi connectivity index (χ1) is 13.5. The molecule has 0 radical (unpaired) electrons. The lowest BCUT2D eigenvalue weighted by Crippen LogP contribution is -2.35. The summed E-state index contributed by atoms with van der Waals surface area (Å²) < 4.78 is 26.5. The molecule has 4 N–H and O–H groups in total. The molecular weight excluding hydrogens is 362 g/mol. The van der Waals surface area contributed by atoms with E-state index in [2.05, 4.69) is 27.8 Å². The number of nitrogens with one attached hydrogen (secondary N) is 2. The Balaban J connectivity index is 1.49. The van der Waals surface area contributed by atoms with E-state index in [9.17, 15) is 13.6 Å². The molecule has 0 atom stereocenters. The maximum atomic E-state index is 13.4. The highest BCUT2D eigenvalue weighted by Crippen LogP contribution is 2.23. The maximum absolute atomic E-state index is 13.4. The molecule has 1 aromatic heterocycles. The monoisotopic (exact) mass is 380 g/mol. The fourth-order valence-corrected chi connectivity index (χ4v) is 3.37. The van der Waals surface area contributed by atoms with E-state index in [0.717, 1.165) is 25.0 Å². The number of aromatic nitrogens is 1. The minimum Gasteiger partial charge on any atom is -0.399 e. The van der Waals surface area contributed by atoms with E-state index in [1.807, 2.05) is 12.1 Å². The zero-order valence-corrected chi connectivity index (χ0v) is 14.9. The molecule has 1 amide bonds. The molecule has 5 nitrogen and oxygen atoms in total. The molecule has 1 aliphatic rings. The van der Waals surface area contributed by atoms with Crippen molar-refractivity contribution in [2.24, 2.45) is 0 Å². The topological polar surface area (TPSA) is 80.0 Å². The molecule has 0 spiro atoms. The Morgan fingerprint density at radius 3 is 2.39 bits per heavy atom. The normalized spacial score (nSPS) is 13.2. The van der Waals surface area contributed by atoms with Gasteiger partial charge in [0.1, 0.15) is 11.5 Å². The predicted octanol–water partition coefficient (Wildman–Crippen LogP) is 3.58. The zero-order valence-electron chi connectivity index (χ0n) is 14.9. The summed E-state index contributed by atoms with van der Waals surface area (Å²) in [6, 6.07) is 14.5. The summed E-state index contributed by atoms with van der Waals surface area (Å²) in [6.07, 6.45) is 1.54. The third kappa shape index (κ3) is 3.78. The average Bonchev–Trinajstić information content (AvgIpc) is 3.06. The van der Waals surface area contributed by atoms with Crippen LogP contribution in [-0.2, 0) is 12.8 Å². The SMILES string of the molecule is Nc1cc(Nc2ccc(F)c(F)c2)nc(C(=O)NC2Cc3ccccc3C2)c1. The van der Waals surface area contributed by atoms with Gasteiger partial charge in [-0.2, -0.15) is 0 Å². The molecule has 1 heterocycles. The summed E-state index contributed by atoms with van der Waals surface area (Å²) in [5, 5.41) is 5.82. The number of rotatable bonds is 4. The maximum Gasteiger partial charge on any atom is 0.270 e. The lowest BCUT2D eigenvalue weighted by Gasteiger charge is -2.13. The van der Waals surface area contributed by atoms with Gasteiger partial charge in [0.25, 0.3) is 5.91 Å². The molecular formula is C21H18F2N4O. The lowest BCUT2D eigenvalue weighted by atomic mass is 10.1. The number of fused-ring (bicyclic) bond motifs is 1. The number of nitrogens with two attached hydrogens (primary N) is 1. The van der Waals surface area contributed by atoms with Gasteiger partial charge in [-0.25, -0.2) is 13.8 Å². The first-order valence-electron chi connectivity index (χ1n) is 8.85. The van der Waals surface area contributed by atoms with Crippen LogP contribution in [0.15, 0.2) is 54.6 Å². The van der Waals surface area contributed by atoms with E-state index in [0.29, 0.717) is 11.4 Å². The van der Waals surface area contributed by atoms with Gasteiger partial charge in [0.2, 0.25) is 0 Å². The van der Waals surface area contributed by atoms with Crippen LogP contribution in [0.3, 0.4) is 0 Å². The van der Waals surface area contributed by atoms with Crippen molar-refractivity contribution in [3.63, 3.8) is 0 Å². The van der Waals surface area contributed by atoms with Crippen LogP contribution in [-0.4, -0.2) is 16.9 Å². The van der Waals surface area contributed by atoms with Gasteiger partial charge >= 0.3 is 0 Å². The van der Waals surface area contributed by atoms with Gasteiger partial charge in [0, 0.05) is 29.5 Å². The number of nitrogens with zero attached hydrogens (tertiary/aromatic N) is 1. The third-order valence-corrected chi connectivity index (χ3v) is 4.66. The largest absolute Gasteiger partial charge is 0.399 e. The van der Waals surface area contributed by atoms with E-state index < -0.39 is 11.6 Å². The highest BCUT2D eigenvalue weighted by Gasteiger charge is 2.23. The Morgan fingerprint density at radius 2 is 1.71 bits per heavy atom. The Bertz CT molecular complexity index is 1030. The van der Waals surface area contributed by atoms with Gasteiger partial charge in [-0.3, -0.25) is 4.79 Å². The number of nitrogen functional groups attached to an aromatic ring is 1. The molecule has 2 aromatic carbocycles. The number of hydrogen-bond donors (Lipinski definition) is 3. The number of carbonyl (C=O) groups excluding carboxylic acids is 1. The predicted molar refractivity (Wildman–Crippen MR) is 103 cm³/mol. The molecule has 0 aliphatic heterocycles. The van der Waals surface area contributed by atoms with Gasteiger partial charge in [-0.15, -0.1) is 0 Å². The molecule has 28 heavy (non-hydrogen) atoms. The van der Waals surface area contributed by atoms with Crippen LogP contribution < -0.4 is 16.4 Å². The summed E-state index contributed by atoms with van der Waals surface area (Å²) in [5.41, 5.74) is 9.14. The van der Waals surface area contributed by atoms with Gasteiger partial charge in [-0.1, -0.05) is 24.3 Å². The molecule has 0 saturated carbocycles. The molecule has 0 bridgehead atoms. The van der Waals surface area contributed by atoms with Crippen molar-refractivity contribution in [2.75, 3.05) is 11.1 Å². The number of anilines is 3. The van der Waals surface area contributed by atoms with Crippen LogP contribution in [0.2, 0.25) is 0 Å². The van der Waals surface area contributed by atoms with E-state index in [4.69, 9.17) is 5.73 Å². The Morgan fingerprint density at radius 1 is 1.00 bits per heavy atom. The minimum absolute atomic E-state index is 0.00395. The van der Waals surface area contributed by atoms with Gasteiger partial charge in [-0.05, 0) is 42.2 Å². The number of pyridine rings is 1. The molecule has 4 rings (SSSR count). The van der Waals surface area contributed by atoms with Crippen molar-refractivity contribution in [3.05, 3.63) is 83.1 Å². The number of halogens is 2. The fourth-order valence-electron chi connectivity index (χ4n) is 3.37. The van der Waals surface area contributed by atoms with Gasteiger partial charge < -0.3 is 16.4 Å². The Hall–Kier alpha value is -3.48. The van der Waals surface area contributed by atoms with E-state index in [1.54, 1.807) is 0 Å². The summed E-state index contributed by atoms with van der Waals surface area (Å²) in [4.78, 5) is 16.9. The van der Waals surface area contributed by atoms with Crippen molar-refractivity contribution < 1.29 is 13.6 Å². The summed E-state index contributed by atoms with van der Waals surface area (Å²) in [5.74, 6) is -1.99. The fraction of sp³-hybridized carbons (Fsp3) is 0.143. The van der Waals surface area contributed by atoms with Crippen LogP contribution in [0.5, 0.6) is 0 Å². The Kier molecular flexibility index (Phi) is 4.65. The van der Waals surface area contributed by atoms with Crippen molar-refractivity contribution in [1.82, 2.24) is 10.3 Å². The van der Waals surface area contributed by atoms with Crippen LogP contribution in [0, 0.1) is 11.6 Å². The van der Waals surface area contributed by atoms with E-state index >= 15 is 0 Å². The molecule has 1 aliphatic carbocycles. The standard InChI is InChI=1S/C21H18F2N4O/c22-17-6-5-15(11-18(17)23)25-20-10-14(24)9-19(27-20)21(28)26-16-7-12-3-1-2-4-13(12)8-16/h1-6,9-11,16H,7-8H2,(H,26,28)(H3,24,25,27). The highest BCUT2D eigenvalue weighted by atomic mass is 19.2. The van der Waals surface area contributed by atoms with Gasteiger partial charge in [0.05, 0.1) is 0 Å². The average molecular weight is 380 g/mol. The van der Waals surface area contributed by atoms with Crippen molar-refractivity contribution in [3.8, 4) is 0 Å². The van der Waals surface area contributed by atoms with Crippen LogP contribution >= 0.6 is 0 Å². The summed E-state index contributed by atoms with van der Waals surface area (Å²) in [6.45, 7) is 0. The Labute approximate surface area is 160 Å². The van der Waals surface area contributed by atoms with Crippen LogP contribution in [0.4, 0.5) is 26.0 Å². The minimum atomic E-state index is -0.979. The quantitative estimate of drug-likeness (QED) is 0.646. The molecule has 7 heteroatoms. The molecule has 0 unspecified atom stereocenters. The zero-order chi connectivity index (χ0) is 19.7. The van der Waals surface area contributed by atoms with Crippen molar-refractivity contribution >= 4 is 23.1 Å². The third-order valence-electron chi connectivity index (χ3n) is 4.66. The van der Waals surface area contributed by atoms with Crippen LogP contribution in [0.1, 0.15) is 21.6 Å². The highest BCUT2D eigenvalue weighted by molar-refractivity contribution is 5.94. The molecule has 142 valence electrons. The number of benzene rings is 2. The van der Waals surface area contributed by atoms with Crippen LogP contribution in [0.25, 0.3) is 0 Å². The first kappa shape index (κ1) is 17.9.